The molecule has 2 aliphatic heterocycles. The number of carbonyl (C=O) groups is 2. The Kier molecular flexibility index (Phi) is 5.35. The van der Waals surface area contributed by atoms with Gasteiger partial charge in [-0.15, -0.1) is 0 Å². The molecule has 2 aliphatic rings. The van der Waals surface area contributed by atoms with Gasteiger partial charge in [-0.25, -0.2) is 4.39 Å². The van der Waals surface area contributed by atoms with Crippen LogP contribution in [0.1, 0.15) is 27.0 Å². The van der Waals surface area contributed by atoms with Gasteiger partial charge in [-0.2, -0.15) is 0 Å². The molecule has 3 aromatic carbocycles. The zero-order chi connectivity index (χ0) is 22.1. The van der Waals surface area contributed by atoms with Crippen molar-refractivity contribution in [2.45, 2.75) is 19.4 Å². The van der Waals surface area contributed by atoms with Gasteiger partial charge in [0.25, 0.3) is 11.8 Å². The van der Waals surface area contributed by atoms with E-state index in [1.165, 1.54) is 11.6 Å². The van der Waals surface area contributed by atoms with Gasteiger partial charge in [-0.3, -0.25) is 9.59 Å². The van der Waals surface area contributed by atoms with Crippen LogP contribution in [0.5, 0.6) is 5.75 Å². The third kappa shape index (κ3) is 3.73. The van der Waals surface area contributed by atoms with Crippen LogP contribution in [0.4, 0.5) is 10.1 Å². The molecular weight excluding hydrogens is 407 g/mol. The van der Waals surface area contributed by atoms with E-state index >= 15 is 0 Å². The number of ether oxygens (including phenoxy) is 1. The van der Waals surface area contributed by atoms with Crippen LogP contribution in [-0.2, 0) is 24.2 Å². The van der Waals surface area contributed by atoms with Crippen LogP contribution in [0.3, 0.4) is 0 Å². The van der Waals surface area contributed by atoms with Gasteiger partial charge in [0.05, 0.1) is 0 Å². The molecule has 2 amide bonds. The first-order valence-electron chi connectivity index (χ1n) is 10.8. The molecule has 0 atom stereocenters. The summed E-state index contributed by atoms with van der Waals surface area (Å²) < 4.78 is 19.9. The third-order valence-corrected chi connectivity index (χ3v) is 6.14. The number of amides is 2. The second-order valence-corrected chi connectivity index (χ2v) is 8.06. The maximum atomic E-state index is 14.0. The summed E-state index contributed by atoms with van der Waals surface area (Å²) in [4.78, 5) is 29.2. The van der Waals surface area contributed by atoms with Crippen LogP contribution in [0, 0.1) is 5.82 Å². The van der Waals surface area contributed by atoms with Gasteiger partial charge >= 0.3 is 0 Å². The fraction of sp³-hybridized carbons (Fsp3) is 0.231. The van der Waals surface area contributed by atoms with Crippen LogP contribution in [-0.4, -0.2) is 36.4 Å². The highest BCUT2D eigenvalue weighted by molar-refractivity contribution is 5.98. The number of anilines is 1. The molecule has 32 heavy (non-hydrogen) atoms. The molecule has 0 radical (unpaired) electrons. The SMILES string of the molecule is O=C1c2cccc(OCC(=O)N3CCc4ccccc43)c2CCN1Cc1ccccc1F. The Morgan fingerprint density at radius 1 is 0.938 bits per heavy atom. The smallest absolute Gasteiger partial charge is 0.264 e. The minimum atomic E-state index is -0.315. The molecule has 0 saturated carbocycles. The number of carbonyl (C=O) groups excluding carboxylic acids is 2. The molecule has 0 aromatic heterocycles. The lowest BCUT2D eigenvalue weighted by Gasteiger charge is -2.30. The summed E-state index contributed by atoms with van der Waals surface area (Å²) in [7, 11) is 0. The lowest BCUT2D eigenvalue weighted by molar-refractivity contribution is -0.120. The van der Waals surface area contributed by atoms with E-state index < -0.39 is 0 Å². The van der Waals surface area contributed by atoms with Crippen molar-refractivity contribution >= 4 is 17.5 Å². The van der Waals surface area contributed by atoms with E-state index in [0.717, 1.165) is 17.7 Å². The van der Waals surface area contributed by atoms with Crippen molar-refractivity contribution in [3.8, 4) is 5.75 Å². The lowest BCUT2D eigenvalue weighted by atomic mass is 9.97. The molecule has 0 spiro atoms. The molecule has 162 valence electrons. The van der Waals surface area contributed by atoms with Crippen LogP contribution >= 0.6 is 0 Å². The Bertz CT molecular complexity index is 1190. The Balaban J connectivity index is 1.29. The summed E-state index contributed by atoms with van der Waals surface area (Å²) >= 11 is 0. The van der Waals surface area contributed by atoms with Crippen molar-refractivity contribution in [3.63, 3.8) is 0 Å². The van der Waals surface area contributed by atoms with E-state index in [-0.39, 0.29) is 30.8 Å². The van der Waals surface area contributed by atoms with Gasteiger partial charge in [0, 0.05) is 42.0 Å². The highest BCUT2D eigenvalue weighted by Gasteiger charge is 2.28. The maximum Gasteiger partial charge on any atom is 0.264 e. The fourth-order valence-electron chi connectivity index (χ4n) is 4.48. The summed E-state index contributed by atoms with van der Waals surface area (Å²) in [5.41, 5.74) is 3.95. The number of fused-ring (bicyclic) bond motifs is 2. The third-order valence-electron chi connectivity index (χ3n) is 6.14. The quantitative estimate of drug-likeness (QED) is 0.615. The standard InChI is InChI=1S/C26H23FN2O3/c27-22-9-3-1-7-19(22)16-28-14-13-20-21(26(28)31)8-5-11-24(20)32-17-25(30)29-15-12-18-6-2-4-10-23(18)29/h1-11H,12-17H2. The van der Waals surface area contributed by atoms with E-state index in [1.54, 1.807) is 46.2 Å². The Morgan fingerprint density at radius 2 is 1.75 bits per heavy atom. The van der Waals surface area contributed by atoms with Crippen LogP contribution in [0.25, 0.3) is 0 Å². The highest BCUT2D eigenvalue weighted by Crippen LogP contribution is 2.30. The molecule has 0 aliphatic carbocycles. The molecule has 5 rings (SSSR count). The van der Waals surface area contributed by atoms with Crippen LogP contribution in [0.2, 0.25) is 0 Å². The number of hydrogen-bond acceptors (Lipinski definition) is 3. The molecule has 6 heteroatoms. The molecule has 0 saturated heterocycles. The minimum absolute atomic E-state index is 0.0854. The van der Waals surface area contributed by atoms with E-state index in [2.05, 4.69) is 0 Å². The zero-order valence-corrected chi connectivity index (χ0v) is 17.6. The summed E-state index contributed by atoms with van der Waals surface area (Å²) in [6.45, 7) is 1.26. The van der Waals surface area contributed by atoms with E-state index in [9.17, 15) is 14.0 Å². The summed E-state index contributed by atoms with van der Waals surface area (Å²) in [5, 5.41) is 0. The Hall–Kier alpha value is -3.67. The second-order valence-electron chi connectivity index (χ2n) is 8.06. The summed E-state index contributed by atoms with van der Waals surface area (Å²) in [6, 6.07) is 19.7. The van der Waals surface area contributed by atoms with Crippen molar-refractivity contribution in [3.05, 3.63) is 94.8 Å². The summed E-state index contributed by atoms with van der Waals surface area (Å²) in [5.74, 6) is -0.0111. The molecule has 0 fully saturated rings. The molecule has 5 nitrogen and oxygen atoms in total. The molecule has 2 heterocycles. The normalized spacial score (nSPS) is 14.8. The molecule has 3 aromatic rings. The lowest BCUT2D eigenvalue weighted by Crippen LogP contribution is -2.37. The van der Waals surface area contributed by atoms with Crippen molar-refractivity contribution in [1.82, 2.24) is 4.90 Å². The van der Waals surface area contributed by atoms with Crippen molar-refractivity contribution < 1.29 is 18.7 Å². The molecule has 0 N–H and O–H groups in total. The largest absolute Gasteiger partial charge is 0.483 e. The van der Waals surface area contributed by atoms with Crippen LogP contribution < -0.4 is 9.64 Å². The number of rotatable bonds is 5. The Labute approximate surface area is 186 Å². The first-order chi connectivity index (χ1) is 15.6. The van der Waals surface area contributed by atoms with Gasteiger partial charge in [0.1, 0.15) is 11.6 Å². The van der Waals surface area contributed by atoms with Gasteiger partial charge in [0.2, 0.25) is 0 Å². The predicted octanol–water partition coefficient (Wildman–Crippen LogP) is 3.99. The minimum Gasteiger partial charge on any atom is -0.483 e. The summed E-state index contributed by atoms with van der Waals surface area (Å²) in [6.07, 6.45) is 1.43. The van der Waals surface area contributed by atoms with Crippen molar-refractivity contribution in [2.24, 2.45) is 0 Å². The average molecular weight is 430 g/mol. The average Bonchev–Trinajstić information content (AvgIpc) is 3.25. The predicted molar refractivity (Wildman–Crippen MR) is 119 cm³/mol. The molecule has 0 bridgehead atoms. The second kappa shape index (κ2) is 8.46. The van der Waals surface area contributed by atoms with E-state index in [1.807, 2.05) is 24.3 Å². The molecule has 0 unspecified atom stereocenters. The van der Waals surface area contributed by atoms with Gasteiger partial charge in [-0.05, 0) is 42.7 Å². The first kappa shape index (κ1) is 20.2. The zero-order valence-electron chi connectivity index (χ0n) is 17.6. The first-order valence-corrected chi connectivity index (χ1v) is 10.8. The van der Waals surface area contributed by atoms with Crippen LogP contribution in [0.15, 0.2) is 66.7 Å². The topological polar surface area (TPSA) is 49.9 Å². The van der Waals surface area contributed by atoms with Gasteiger partial charge < -0.3 is 14.5 Å². The van der Waals surface area contributed by atoms with Gasteiger partial charge in [0.15, 0.2) is 6.61 Å². The molecular formula is C26H23FN2O3. The van der Waals surface area contributed by atoms with Crippen molar-refractivity contribution in [2.75, 3.05) is 24.6 Å². The fourth-order valence-corrected chi connectivity index (χ4v) is 4.48. The number of halogens is 1. The Morgan fingerprint density at radius 3 is 2.62 bits per heavy atom. The number of nitrogens with zero attached hydrogens (tertiary/aromatic N) is 2. The van der Waals surface area contributed by atoms with E-state index in [0.29, 0.717) is 36.4 Å². The van der Waals surface area contributed by atoms with Gasteiger partial charge in [-0.1, -0.05) is 42.5 Å². The number of hydrogen-bond donors (Lipinski definition) is 0. The highest BCUT2D eigenvalue weighted by atomic mass is 19.1. The monoisotopic (exact) mass is 430 g/mol. The van der Waals surface area contributed by atoms with E-state index in [4.69, 9.17) is 4.74 Å². The number of benzene rings is 3. The van der Waals surface area contributed by atoms with Crippen molar-refractivity contribution in [1.29, 1.82) is 0 Å². The number of para-hydroxylation sites is 1. The maximum absolute atomic E-state index is 14.0.